The second-order valence-electron chi connectivity index (χ2n) is 21.5. The smallest absolute Gasteiger partial charge is 0.164 e. The quantitative estimate of drug-likeness (QED) is 0.115. The van der Waals surface area contributed by atoms with Gasteiger partial charge < -0.3 is 9.13 Å². The predicted octanol–water partition coefficient (Wildman–Crippen LogP) is 20.4. The van der Waals surface area contributed by atoms with Crippen LogP contribution in [0.4, 0.5) is 0 Å². The van der Waals surface area contributed by atoms with Gasteiger partial charge in [0.2, 0.25) is 0 Å². The van der Waals surface area contributed by atoms with Crippen molar-refractivity contribution in [2.75, 3.05) is 0 Å². The molecule has 0 unspecified atom stereocenters. The minimum absolute atomic E-state index is 0.566. The summed E-state index contributed by atoms with van der Waals surface area (Å²) >= 11 is 0. The summed E-state index contributed by atoms with van der Waals surface area (Å²) in [6.45, 7) is 14.8. The largest absolute Gasteiger partial charge is 0.309 e. The molecular weight excluding hydrogens is 1010 g/mol. The van der Waals surface area contributed by atoms with Crippen molar-refractivity contribution in [1.29, 1.82) is 0 Å². The maximum atomic E-state index is 5.37. The number of fused-ring (bicyclic) bond motifs is 6. The summed E-state index contributed by atoms with van der Waals surface area (Å²) in [4.78, 5) is 15.9. The number of aryl methyl sites for hydroxylation is 3. The Morgan fingerprint density at radius 2 is 0.819 bits per heavy atom. The standard InChI is InChI=1S/C78H57N5/c1-6-21-53(7-2)55-32-36-57(37-33-55)67-47-62(78-80-76(59-24-13-9-14-25-59)79-77(81-78)60-26-15-10-16-27-60)48-68(58-38-34-56(35-39-58)54-22-11-8-12-23-54)75(67)83-72-43-40-61(74-51(4)44-50(3)45-52(74)5)46-69(72)66-42-41-63(49-73(66)83)82-70-30-19-17-28-64(70)65-29-18-20-31-71(65)82/h6-49H,1-2H2,3-5H3/b53-21+. The first-order chi connectivity index (χ1) is 40.8. The van der Waals surface area contributed by atoms with Crippen LogP contribution in [-0.4, -0.2) is 24.1 Å². The molecule has 3 heterocycles. The highest BCUT2D eigenvalue weighted by atomic mass is 15.0. The number of aromatic nitrogens is 5. The molecule has 0 spiro atoms. The van der Waals surface area contributed by atoms with Gasteiger partial charge in [-0.15, -0.1) is 0 Å². The maximum absolute atomic E-state index is 5.37. The fourth-order valence-corrected chi connectivity index (χ4v) is 12.5. The lowest BCUT2D eigenvalue weighted by Gasteiger charge is -2.22. The molecule has 0 fully saturated rings. The van der Waals surface area contributed by atoms with Crippen LogP contribution >= 0.6 is 0 Å². The van der Waals surface area contributed by atoms with Gasteiger partial charge >= 0.3 is 0 Å². The van der Waals surface area contributed by atoms with Crippen molar-refractivity contribution < 1.29 is 0 Å². The molecule has 0 amide bonds. The molecule has 0 saturated heterocycles. The monoisotopic (exact) mass is 1060 g/mol. The molecule has 0 N–H and O–H groups in total. The third-order valence-electron chi connectivity index (χ3n) is 16.2. The average Bonchev–Trinajstić information content (AvgIpc) is 3.93. The SMILES string of the molecule is C=C/C=C(\C=C)c1ccc(-c2cc(-c3nc(-c4ccccc4)nc(-c4ccccc4)n3)cc(-c3ccc(-c4ccccc4)cc3)c2-n2c3ccc(-c4c(C)cc(C)cc4C)cc3c3ccc(-n4c5ccccc5c5ccccc54)cc32)cc1. The van der Waals surface area contributed by atoms with E-state index in [0.29, 0.717) is 17.5 Å². The number of nitrogens with zero attached hydrogens (tertiary/aromatic N) is 5. The first-order valence-electron chi connectivity index (χ1n) is 28.2. The van der Waals surface area contributed by atoms with Crippen LogP contribution in [-0.2, 0) is 0 Å². The molecule has 3 aromatic heterocycles. The summed E-state index contributed by atoms with van der Waals surface area (Å²) < 4.78 is 4.95. The summed E-state index contributed by atoms with van der Waals surface area (Å²) in [5.74, 6) is 1.76. The molecule has 14 rings (SSSR count). The van der Waals surface area contributed by atoms with Gasteiger partial charge in [-0.25, -0.2) is 15.0 Å². The van der Waals surface area contributed by atoms with Crippen LogP contribution in [0.1, 0.15) is 22.3 Å². The number of benzene rings is 11. The van der Waals surface area contributed by atoms with Crippen LogP contribution in [0, 0.1) is 20.8 Å². The molecule has 14 aromatic rings. The van der Waals surface area contributed by atoms with E-state index in [1.165, 1.54) is 38.6 Å². The molecule has 394 valence electrons. The van der Waals surface area contributed by atoms with E-state index < -0.39 is 0 Å². The van der Waals surface area contributed by atoms with Crippen LogP contribution in [0.2, 0.25) is 0 Å². The van der Waals surface area contributed by atoms with Gasteiger partial charge in [0, 0.05) is 55.0 Å². The molecule has 0 aliphatic rings. The molecule has 0 atom stereocenters. The molecule has 5 heteroatoms. The summed E-state index contributed by atoms with van der Waals surface area (Å²) in [5.41, 5.74) is 23.8. The van der Waals surface area contributed by atoms with Gasteiger partial charge in [-0.2, -0.15) is 0 Å². The second-order valence-corrected chi connectivity index (χ2v) is 21.5. The predicted molar refractivity (Wildman–Crippen MR) is 349 cm³/mol. The topological polar surface area (TPSA) is 48.5 Å². The van der Waals surface area contributed by atoms with Crippen LogP contribution in [0.25, 0.3) is 139 Å². The Morgan fingerprint density at radius 3 is 1.37 bits per heavy atom. The van der Waals surface area contributed by atoms with Crippen LogP contribution in [0.5, 0.6) is 0 Å². The minimum atomic E-state index is 0.566. The summed E-state index contributed by atoms with van der Waals surface area (Å²) in [6, 6.07) is 89.7. The first kappa shape index (κ1) is 50.5. The van der Waals surface area contributed by atoms with Gasteiger partial charge in [0.1, 0.15) is 0 Å². The minimum Gasteiger partial charge on any atom is -0.309 e. The Labute approximate surface area is 483 Å². The van der Waals surface area contributed by atoms with Gasteiger partial charge in [0.05, 0.1) is 27.8 Å². The molecule has 0 aliphatic heterocycles. The van der Waals surface area contributed by atoms with Gasteiger partial charge in [0.25, 0.3) is 0 Å². The Hall–Kier alpha value is -10.8. The zero-order valence-corrected chi connectivity index (χ0v) is 46.6. The molecule has 0 bridgehead atoms. The Morgan fingerprint density at radius 1 is 0.361 bits per heavy atom. The van der Waals surface area contributed by atoms with Crippen molar-refractivity contribution in [1.82, 2.24) is 24.1 Å². The highest BCUT2D eigenvalue weighted by Crippen LogP contribution is 2.46. The zero-order chi connectivity index (χ0) is 56.1. The number of rotatable bonds is 12. The summed E-state index contributed by atoms with van der Waals surface area (Å²) in [5, 5.41) is 4.73. The van der Waals surface area contributed by atoms with Crippen molar-refractivity contribution in [3.05, 3.63) is 302 Å². The Bertz CT molecular complexity index is 4740. The van der Waals surface area contributed by atoms with E-state index >= 15 is 0 Å². The highest BCUT2D eigenvalue weighted by Gasteiger charge is 2.25. The van der Waals surface area contributed by atoms with E-state index in [0.717, 1.165) is 105 Å². The van der Waals surface area contributed by atoms with E-state index in [1.54, 1.807) is 0 Å². The molecular formula is C78H57N5. The maximum Gasteiger partial charge on any atom is 0.164 e. The van der Waals surface area contributed by atoms with Crippen molar-refractivity contribution in [3.63, 3.8) is 0 Å². The fourth-order valence-electron chi connectivity index (χ4n) is 12.5. The normalized spacial score (nSPS) is 11.7. The molecule has 0 aliphatic carbocycles. The second kappa shape index (κ2) is 21.0. The molecule has 5 nitrogen and oxygen atoms in total. The zero-order valence-electron chi connectivity index (χ0n) is 46.6. The fraction of sp³-hybridized carbons (Fsp3) is 0.0385. The van der Waals surface area contributed by atoms with E-state index in [1.807, 2.05) is 54.6 Å². The Kier molecular flexibility index (Phi) is 12.8. The van der Waals surface area contributed by atoms with Crippen LogP contribution in [0.15, 0.2) is 280 Å². The van der Waals surface area contributed by atoms with E-state index in [4.69, 9.17) is 15.0 Å². The van der Waals surface area contributed by atoms with Gasteiger partial charge in [0.15, 0.2) is 17.5 Å². The van der Waals surface area contributed by atoms with Crippen LogP contribution < -0.4 is 0 Å². The van der Waals surface area contributed by atoms with Crippen LogP contribution in [0.3, 0.4) is 0 Å². The highest BCUT2D eigenvalue weighted by molar-refractivity contribution is 6.14. The third-order valence-corrected chi connectivity index (χ3v) is 16.2. The van der Waals surface area contributed by atoms with Gasteiger partial charge in [-0.3, -0.25) is 0 Å². The lowest BCUT2D eigenvalue weighted by Crippen LogP contribution is -2.04. The van der Waals surface area contributed by atoms with Crippen molar-refractivity contribution in [2.24, 2.45) is 0 Å². The van der Waals surface area contributed by atoms with E-state index in [9.17, 15) is 0 Å². The summed E-state index contributed by atoms with van der Waals surface area (Å²) in [7, 11) is 0. The van der Waals surface area contributed by atoms with Gasteiger partial charge in [-0.05, 0) is 125 Å². The van der Waals surface area contributed by atoms with E-state index in [2.05, 4.69) is 255 Å². The number of allylic oxidation sites excluding steroid dienone is 4. The lowest BCUT2D eigenvalue weighted by molar-refractivity contribution is 1.07. The third kappa shape index (κ3) is 9.06. The number of hydrogen-bond acceptors (Lipinski definition) is 3. The van der Waals surface area contributed by atoms with Crippen molar-refractivity contribution in [3.8, 4) is 90.0 Å². The lowest BCUT2D eigenvalue weighted by atomic mass is 9.90. The van der Waals surface area contributed by atoms with Crippen molar-refractivity contribution in [2.45, 2.75) is 20.8 Å². The molecule has 11 aromatic carbocycles. The average molecular weight is 1060 g/mol. The molecule has 0 radical (unpaired) electrons. The first-order valence-corrected chi connectivity index (χ1v) is 28.2. The van der Waals surface area contributed by atoms with E-state index in [-0.39, 0.29) is 0 Å². The number of hydrogen-bond donors (Lipinski definition) is 0. The molecule has 0 saturated carbocycles. The van der Waals surface area contributed by atoms with Gasteiger partial charge in [-0.1, -0.05) is 237 Å². The van der Waals surface area contributed by atoms with Crippen molar-refractivity contribution >= 4 is 49.2 Å². The molecule has 83 heavy (non-hydrogen) atoms. The number of para-hydroxylation sites is 2. The Balaban J connectivity index is 1.12. The summed E-state index contributed by atoms with van der Waals surface area (Å²) in [6.07, 6.45) is 5.70.